The van der Waals surface area contributed by atoms with E-state index in [2.05, 4.69) is 5.10 Å². The minimum absolute atomic E-state index is 0.0534. The standard InChI is InChI=1S/C14H13ClFN3O2/c15-14-13(19(20)21)12(9-4-1-2-5-9)17-18(14)11-7-3-6-10(16)8-11/h3,6-9H,1-2,4-5H2. The van der Waals surface area contributed by atoms with Gasteiger partial charge in [-0.05, 0) is 31.0 Å². The lowest BCUT2D eigenvalue weighted by molar-refractivity contribution is -0.385. The van der Waals surface area contributed by atoms with Crippen LogP contribution >= 0.6 is 11.6 Å². The summed E-state index contributed by atoms with van der Waals surface area (Å²) in [6, 6.07) is 5.68. The SMILES string of the molecule is O=[N+]([O-])c1c(C2CCCC2)nn(-c2cccc(F)c2)c1Cl. The normalized spacial score (nSPS) is 15.5. The third-order valence-electron chi connectivity index (χ3n) is 3.81. The third kappa shape index (κ3) is 2.51. The second kappa shape index (κ2) is 5.44. The Labute approximate surface area is 125 Å². The molecule has 0 spiro atoms. The summed E-state index contributed by atoms with van der Waals surface area (Å²) in [6.45, 7) is 0. The van der Waals surface area contributed by atoms with E-state index in [4.69, 9.17) is 11.6 Å². The highest BCUT2D eigenvalue weighted by molar-refractivity contribution is 6.32. The quantitative estimate of drug-likeness (QED) is 0.629. The van der Waals surface area contributed by atoms with Gasteiger partial charge in [0.25, 0.3) is 0 Å². The molecule has 1 aliphatic carbocycles. The fraction of sp³-hybridized carbons (Fsp3) is 0.357. The van der Waals surface area contributed by atoms with Gasteiger partial charge in [-0.3, -0.25) is 10.1 Å². The second-order valence-electron chi connectivity index (χ2n) is 5.15. The average Bonchev–Trinajstić information content (AvgIpc) is 3.05. The zero-order valence-electron chi connectivity index (χ0n) is 11.1. The van der Waals surface area contributed by atoms with Crippen molar-refractivity contribution >= 4 is 17.3 Å². The molecule has 110 valence electrons. The zero-order chi connectivity index (χ0) is 15.0. The molecular formula is C14H13ClFN3O2. The van der Waals surface area contributed by atoms with Crippen LogP contribution in [0.15, 0.2) is 24.3 Å². The van der Waals surface area contributed by atoms with Crippen LogP contribution < -0.4 is 0 Å². The maximum atomic E-state index is 13.3. The van der Waals surface area contributed by atoms with Crippen molar-refractivity contribution in [2.75, 3.05) is 0 Å². The monoisotopic (exact) mass is 309 g/mol. The van der Waals surface area contributed by atoms with Crippen molar-refractivity contribution in [1.82, 2.24) is 9.78 Å². The molecule has 0 radical (unpaired) electrons. The number of halogens is 2. The molecule has 0 atom stereocenters. The molecule has 3 rings (SSSR count). The van der Waals surface area contributed by atoms with Gasteiger partial charge in [0, 0.05) is 5.92 Å². The fourth-order valence-electron chi connectivity index (χ4n) is 2.83. The smallest absolute Gasteiger partial charge is 0.258 e. The van der Waals surface area contributed by atoms with Crippen LogP contribution in [-0.2, 0) is 0 Å². The Kier molecular flexibility index (Phi) is 3.63. The summed E-state index contributed by atoms with van der Waals surface area (Å²) in [5, 5.41) is 15.5. The van der Waals surface area contributed by atoms with Crippen LogP contribution in [0.3, 0.4) is 0 Å². The maximum absolute atomic E-state index is 13.3. The number of aromatic nitrogens is 2. The summed E-state index contributed by atoms with van der Waals surface area (Å²) in [7, 11) is 0. The molecule has 2 aromatic rings. The summed E-state index contributed by atoms with van der Waals surface area (Å²) in [4.78, 5) is 10.8. The van der Waals surface area contributed by atoms with Crippen LogP contribution in [0, 0.1) is 15.9 Å². The van der Waals surface area contributed by atoms with E-state index in [1.54, 1.807) is 6.07 Å². The van der Waals surface area contributed by atoms with Crippen molar-refractivity contribution in [2.45, 2.75) is 31.6 Å². The first kappa shape index (κ1) is 14.0. The highest BCUT2D eigenvalue weighted by atomic mass is 35.5. The van der Waals surface area contributed by atoms with Gasteiger partial charge in [-0.15, -0.1) is 0 Å². The molecule has 0 bridgehead atoms. The van der Waals surface area contributed by atoms with Crippen molar-refractivity contribution in [3.8, 4) is 5.69 Å². The van der Waals surface area contributed by atoms with Crippen molar-refractivity contribution in [2.24, 2.45) is 0 Å². The van der Waals surface area contributed by atoms with Crippen molar-refractivity contribution in [3.63, 3.8) is 0 Å². The van der Waals surface area contributed by atoms with E-state index in [0.29, 0.717) is 11.4 Å². The molecule has 0 unspecified atom stereocenters. The summed E-state index contributed by atoms with van der Waals surface area (Å²) in [6.07, 6.45) is 3.81. The Morgan fingerprint density at radius 3 is 2.71 bits per heavy atom. The first-order valence-corrected chi connectivity index (χ1v) is 7.14. The van der Waals surface area contributed by atoms with Crippen LogP contribution in [0.1, 0.15) is 37.3 Å². The van der Waals surface area contributed by atoms with Gasteiger partial charge < -0.3 is 0 Å². The van der Waals surface area contributed by atoms with Crippen LogP contribution in [-0.4, -0.2) is 14.7 Å². The lowest BCUT2D eigenvalue weighted by Gasteiger charge is -2.04. The number of rotatable bonds is 3. The van der Waals surface area contributed by atoms with Crippen LogP contribution in [0.25, 0.3) is 5.69 Å². The van der Waals surface area contributed by atoms with E-state index < -0.39 is 10.7 Å². The number of nitro groups is 1. The molecule has 1 saturated carbocycles. The summed E-state index contributed by atoms with van der Waals surface area (Å²) in [5.41, 5.74) is 0.631. The topological polar surface area (TPSA) is 61.0 Å². The second-order valence-corrected chi connectivity index (χ2v) is 5.51. The fourth-order valence-corrected chi connectivity index (χ4v) is 3.13. The van der Waals surface area contributed by atoms with E-state index in [-0.39, 0.29) is 16.8 Å². The Balaban J connectivity index is 2.14. The van der Waals surface area contributed by atoms with E-state index in [9.17, 15) is 14.5 Å². The molecule has 1 fully saturated rings. The number of hydrogen-bond acceptors (Lipinski definition) is 3. The molecule has 0 amide bonds. The summed E-state index contributed by atoms with van der Waals surface area (Å²) in [5.74, 6) is -0.387. The van der Waals surface area contributed by atoms with E-state index >= 15 is 0 Å². The Morgan fingerprint density at radius 2 is 2.10 bits per heavy atom. The first-order chi connectivity index (χ1) is 10.1. The molecule has 0 N–H and O–H groups in total. The van der Waals surface area contributed by atoms with Gasteiger partial charge in [0.05, 0.1) is 10.6 Å². The molecule has 1 aromatic carbocycles. The van der Waals surface area contributed by atoms with E-state index in [0.717, 1.165) is 25.7 Å². The Hall–Kier alpha value is -1.95. The first-order valence-electron chi connectivity index (χ1n) is 6.76. The highest BCUT2D eigenvalue weighted by Gasteiger charge is 2.33. The lowest BCUT2D eigenvalue weighted by atomic mass is 10.0. The third-order valence-corrected chi connectivity index (χ3v) is 4.15. The molecular weight excluding hydrogens is 297 g/mol. The van der Waals surface area contributed by atoms with E-state index in [1.165, 1.54) is 22.9 Å². The van der Waals surface area contributed by atoms with Crippen LogP contribution in [0.5, 0.6) is 0 Å². The van der Waals surface area contributed by atoms with Crippen LogP contribution in [0.2, 0.25) is 5.15 Å². The Morgan fingerprint density at radius 1 is 1.38 bits per heavy atom. The predicted molar refractivity (Wildman–Crippen MR) is 76.4 cm³/mol. The van der Waals surface area contributed by atoms with Gasteiger partial charge in [-0.1, -0.05) is 30.5 Å². The van der Waals surface area contributed by atoms with Gasteiger partial charge in [0.2, 0.25) is 5.15 Å². The minimum Gasteiger partial charge on any atom is -0.258 e. The predicted octanol–water partition coefficient (Wildman–Crippen LogP) is 4.23. The van der Waals surface area contributed by atoms with E-state index in [1.807, 2.05) is 0 Å². The minimum atomic E-state index is -0.501. The molecule has 7 heteroatoms. The van der Waals surface area contributed by atoms with Gasteiger partial charge in [0.15, 0.2) is 0 Å². The average molecular weight is 310 g/mol. The molecule has 21 heavy (non-hydrogen) atoms. The summed E-state index contributed by atoms with van der Waals surface area (Å²) < 4.78 is 14.6. The maximum Gasteiger partial charge on any atom is 0.329 e. The summed E-state index contributed by atoms with van der Waals surface area (Å²) >= 11 is 6.13. The molecule has 0 aliphatic heterocycles. The van der Waals surface area contributed by atoms with Crippen molar-refractivity contribution in [3.05, 3.63) is 51.0 Å². The lowest BCUT2D eigenvalue weighted by Crippen LogP contribution is -2.00. The van der Waals surface area contributed by atoms with Gasteiger partial charge in [0.1, 0.15) is 11.5 Å². The van der Waals surface area contributed by atoms with Gasteiger partial charge in [-0.25, -0.2) is 9.07 Å². The molecule has 0 saturated heterocycles. The molecule has 1 heterocycles. The largest absolute Gasteiger partial charge is 0.329 e. The Bertz CT molecular complexity index is 696. The van der Waals surface area contributed by atoms with Gasteiger partial charge in [-0.2, -0.15) is 5.10 Å². The highest BCUT2D eigenvalue weighted by Crippen LogP contribution is 2.41. The number of hydrogen-bond donors (Lipinski definition) is 0. The zero-order valence-corrected chi connectivity index (χ0v) is 11.9. The van der Waals surface area contributed by atoms with Gasteiger partial charge >= 0.3 is 5.69 Å². The van der Waals surface area contributed by atoms with Crippen molar-refractivity contribution in [1.29, 1.82) is 0 Å². The molecule has 1 aliphatic rings. The van der Waals surface area contributed by atoms with Crippen molar-refractivity contribution < 1.29 is 9.31 Å². The van der Waals surface area contributed by atoms with Crippen LogP contribution in [0.4, 0.5) is 10.1 Å². The molecule has 1 aromatic heterocycles. The number of benzene rings is 1. The molecule has 5 nitrogen and oxygen atoms in total. The number of nitrogens with zero attached hydrogens (tertiary/aromatic N) is 3.